The van der Waals surface area contributed by atoms with Crippen LogP contribution in [0.4, 0.5) is 5.69 Å². The Hall–Kier alpha value is -3.74. The van der Waals surface area contributed by atoms with Gasteiger partial charge in [0.15, 0.2) is 0 Å². The van der Waals surface area contributed by atoms with Gasteiger partial charge in [-0.15, -0.1) is 0 Å². The first-order chi connectivity index (χ1) is 17.5. The van der Waals surface area contributed by atoms with Crippen molar-refractivity contribution in [3.05, 3.63) is 125 Å². The summed E-state index contributed by atoms with van der Waals surface area (Å²) in [7, 11) is -3.55. The standard InChI is InChI=1S/C30H28N2O3S/c1-23-6-8-25(9-7-23)22-35-29-14-10-24(11-15-29)20-31-28-12-16-30(17-13-28)36(33,34)32-19-18-26-4-2-3-5-27(26)21-32/h2-17,20H,18-19,21-22H2,1H3. The van der Waals surface area contributed by atoms with Gasteiger partial charge in [0.25, 0.3) is 0 Å². The molecular weight excluding hydrogens is 468 g/mol. The number of sulfonamides is 1. The summed E-state index contributed by atoms with van der Waals surface area (Å²) in [4.78, 5) is 4.79. The monoisotopic (exact) mass is 496 g/mol. The van der Waals surface area contributed by atoms with E-state index in [1.807, 2.05) is 42.5 Å². The third-order valence-corrected chi connectivity index (χ3v) is 8.20. The van der Waals surface area contributed by atoms with Crippen LogP contribution in [0.1, 0.15) is 27.8 Å². The van der Waals surface area contributed by atoms with E-state index >= 15 is 0 Å². The minimum absolute atomic E-state index is 0.288. The number of fused-ring (bicyclic) bond motifs is 1. The molecule has 0 atom stereocenters. The van der Waals surface area contributed by atoms with Crippen LogP contribution in [0.25, 0.3) is 0 Å². The fourth-order valence-electron chi connectivity index (χ4n) is 4.18. The molecule has 0 bridgehead atoms. The lowest BCUT2D eigenvalue weighted by Gasteiger charge is -2.28. The number of hydrogen-bond donors (Lipinski definition) is 0. The van der Waals surface area contributed by atoms with E-state index in [1.165, 1.54) is 11.1 Å². The van der Waals surface area contributed by atoms with E-state index in [2.05, 4.69) is 42.2 Å². The molecule has 5 nitrogen and oxygen atoms in total. The van der Waals surface area contributed by atoms with Crippen molar-refractivity contribution in [2.45, 2.75) is 31.4 Å². The summed E-state index contributed by atoms with van der Waals surface area (Å²) < 4.78 is 33.7. The van der Waals surface area contributed by atoms with Crippen LogP contribution in [0.5, 0.6) is 5.75 Å². The molecule has 0 radical (unpaired) electrons. The molecule has 0 N–H and O–H groups in total. The number of ether oxygens (including phenoxy) is 1. The van der Waals surface area contributed by atoms with Crippen molar-refractivity contribution in [1.29, 1.82) is 0 Å². The van der Waals surface area contributed by atoms with Crippen LogP contribution in [0.15, 0.2) is 107 Å². The zero-order chi connectivity index (χ0) is 25.0. The van der Waals surface area contributed by atoms with Gasteiger partial charge in [0.2, 0.25) is 10.0 Å². The number of rotatable bonds is 7. The minimum Gasteiger partial charge on any atom is -0.489 e. The van der Waals surface area contributed by atoms with Gasteiger partial charge in [0.05, 0.1) is 10.6 Å². The molecule has 4 aromatic rings. The number of aryl methyl sites for hydroxylation is 1. The van der Waals surface area contributed by atoms with E-state index in [9.17, 15) is 8.42 Å². The van der Waals surface area contributed by atoms with E-state index in [-0.39, 0.29) is 4.90 Å². The van der Waals surface area contributed by atoms with Crippen LogP contribution >= 0.6 is 0 Å². The van der Waals surface area contributed by atoms with Crippen molar-refractivity contribution in [2.75, 3.05) is 6.54 Å². The highest BCUT2D eigenvalue weighted by Gasteiger charge is 2.28. The molecule has 0 aliphatic carbocycles. The van der Waals surface area contributed by atoms with Gasteiger partial charge in [-0.25, -0.2) is 8.42 Å². The summed E-state index contributed by atoms with van der Waals surface area (Å²) in [5.41, 5.74) is 6.27. The van der Waals surface area contributed by atoms with Crippen molar-refractivity contribution in [2.24, 2.45) is 4.99 Å². The molecule has 0 saturated carbocycles. The summed E-state index contributed by atoms with van der Waals surface area (Å²) >= 11 is 0. The number of aliphatic imine (C=N–C) groups is 1. The molecule has 0 aromatic heterocycles. The first kappa shape index (κ1) is 24.0. The highest BCUT2D eigenvalue weighted by atomic mass is 32.2. The second-order valence-corrected chi connectivity index (χ2v) is 10.9. The normalized spacial score (nSPS) is 14.0. The maximum atomic E-state index is 13.2. The van der Waals surface area contributed by atoms with E-state index in [0.717, 1.165) is 28.9 Å². The van der Waals surface area contributed by atoms with Crippen LogP contribution in [-0.2, 0) is 29.6 Å². The Bertz CT molecular complexity index is 1460. The number of benzene rings is 4. The average Bonchev–Trinajstić information content (AvgIpc) is 2.92. The van der Waals surface area contributed by atoms with E-state index < -0.39 is 10.0 Å². The zero-order valence-electron chi connectivity index (χ0n) is 20.2. The van der Waals surface area contributed by atoms with E-state index in [1.54, 1.807) is 34.8 Å². The molecule has 0 amide bonds. The van der Waals surface area contributed by atoms with Gasteiger partial charge >= 0.3 is 0 Å². The predicted molar refractivity (Wildman–Crippen MR) is 143 cm³/mol. The van der Waals surface area contributed by atoms with Crippen molar-refractivity contribution in [3.63, 3.8) is 0 Å². The topological polar surface area (TPSA) is 59.0 Å². The van der Waals surface area contributed by atoms with Crippen molar-refractivity contribution in [3.8, 4) is 5.75 Å². The first-order valence-electron chi connectivity index (χ1n) is 12.0. The Kier molecular flexibility index (Phi) is 6.98. The fourth-order valence-corrected chi connectivity index (χ4v) is 5.60. The maximum absolute atomic E-state index is 13.2. The van der Waals surface area contributed by atoms with Crippen LogP contribution in [0.3, 0.4) is 0 Å². The van der Waals surface area contributed by atoms with E-state index in [0.29, 0.717) is 25.4 Å². The molecule has 36 heavy (non-hydrogen) atoms. The lowest BCUT2D eigenvalue weighted by Crippen LogP contribution is -2.35. The van der Waals surface area contributed by atoms with Crippen molar-refractivity contribution < 1.29 is 13.2 Å². The number of hydrogen-bond acceptors (Lipinski definition) is 4. The Morgan fingerprint density at radius 3 is 2.28 bits per heavy atom. The van der Waals surface area contributed by atoms with Gasteiger partial charge < -0.3 is 4.74 Å². The van der Waals surface area contributed by atoms with E-state index in [4.69, 9.17) is 4.74 Å². The van der Waals surface area contributed by atoms with Gasteiger partial charge in [0.1, 0.15) is 12.4 Å². The maximum Gasteiger partial charge on any atom is 0.243 e. The quantitative estimate of drug-likeness (QED) is 0.292. The molecule has 0 fully saturated rings. The summed E-state index contributed by atoms with van der Waals surface area (Å²) in [6.45, 7) is 3.48. The molecule has 1 aliphatic heterocycles. The zero-order valence-corrected chi connectivity index (χ0v) is 21.0. The Balaban J connectivity index is 1.20. The lowest BCUT2D eigenvalue weighted by molar-refractivity contribution is 0.306. The highest BCUT2D eigenvalue weighted by molar-refractivity contribution is 7.89. The Morgan fingerprint density at radius 2 is 1.56 bits per heavy atom. The van der Waals surface area contributed by atoms with Gasteiger partial charge in [0, 0.05) is 19.3 Å². The third-order valence-electron chi connectivity index (χ3n) is 6.34. The summed E-state index contributed by atoms with van der Waals surface area (Å²) in [5.74, 6) is 0.794. The molecule has 1 heterocycles. The molecule has 0 spiro atoms. The van der Waals surface area contributed by atoms with Crippen molar-refractivity contribution >= 4 is 21.9 Å². The van der Waals surface area contributed by atoms with Crippen LogP contribution < -0.4 is 4.74 Å². The fraction of sp³-hybridized carbons (Fsp3) is 0.167. The van der Waals surface area contributed by atoms with Crippen LogP contribution in [0.2, 0.25) is 0 Å². The molecular formula is C30H28N2O3S. The molecule has 0 unspecified atom stereocenters. The Morgan fingerprint density at radius 1 is 0.861 bits per heavy atom. The van der Waals surface area contributed by atoms with Crippen LogP contribution in [-0.4, -0.2) is 25.5 Å². The molecule has 1 aliphatic rings. The van der Waals surface area contributed by atoms with Crippen molar-refractivity contribution in [1.82, 2.24) is 4.31 Å². The highest BCUT2D eigenvalue weighted by Crippen LogP contribution is 2.26. The SMILES string of the molecule is Cc1ccc(COc2ccc(C=Nc3ccc(S(=O)(=O)N4CCc5ccccc5C4)cc3)cc2)cc1. The van der Waals surface area contributed by atoms with Gasteiger partial charge in [-0.3, -0.25) is 4.99 Å². The second kappa shape index (κ2) is 10.5. The first-order valence-corrected chi connectivity index (χ1v) is 13.4. The van der Waals surface area contributed by atoms with Gasteiger partial charge in [-0.1, -0.05) is 54.1 Å². The summed E-state index contributed by atoms with van der Waals surface area (Å²) in [6, 6.07) is 30.8. The molecule has 4 aromatic carbocycles. The lowest BCUT2D eigenvalue weighted by atomic mass is 10.0. The predicted octanol–water partition coefficient (Wildman–Crippen LogP) is 6.07. The average molecular weight is 497 g/mol. The number of nitrogens with zero attached hydrogens (tertiary/aromatic N) is 2. The molecule has 5 rings (SSSR count). The minimum atomic E-state index is -3.55. The third kappa shape index (κ3) is 5.56. The summed E-state index contributed by atoms with van der Waals surface area (Å²) in [5, 5.41) is 0. The molecule has 182 valence electrons. The van der Waals surface area contributed by atoms with Gasteiger partial charge in [-0.2, -0.15) is 4.31 Å². The second-order valence-electron chi connectivity index (χ2n) is 8.95. The van der Waals surface area contributed by atoms with Crippen LogP contribution in [0, 0.1) is 6.92 Å². The largest absolute Gasteiger partial charge is 0.489 e. The molecule has 0 saturated heterocycles. The van der Waals surface area contributed by atoms with Gasteiger partial charge in [-0.05, 0) is 84.1 Å². The molecule has 6 heteroatoms. The smallest absolute Gasteiger partial charge is 0.243 e. The Labute approximate surface area is 212 Å². The summed E-state index contributed by atoms with van der Waals surface area (Å²) in [6.07, 6.45) is 2.49.